The van der Waals surface area contributed by atoms with E-state index < -0.39 is 0 Å². The highest BCUT2D eigenvalue weighted by Crippen LogP contribution is 2.31. The first-order chi connectivity index (χ1) is 51.3. The van der Waals surface area contributed by atoms with Gasteiger partial charge in [-0.05, 0) is 174 Å². The van der Waals surface area contributed by atoms with Crippen LogP contribution in [0.5, 0.6) is 0 Å². The Bertz CT molecular complexity index is 3200. The molecule has 0 aromatic heterocycles. The molecule has 0 fully saturated rings. The Labute approximate surface area is 694 Å². The second-order valence-corrected chi connectivity index (χ2v) is 37.4. The summed E-state index contributed by atoms with van der Waals surface area (Å²) in [6.45, 7) is 66.0. The number of benzene rings is 10. The van der Waals surface area contributed by atoms with Crippen LogP contribution < -0.4 is 0 Å². The van der Waals surface area contributed by atoms with Crippen LogP contribution in [0.25, 0.3) is 0 Å². The first kappa shape index (κ1) is 107. The summed E-state index contributed by atoms with van der Waals surface area (Å²) < 4.78 is 0. The van der Waals surface area contributed by atoms with Crippen molar-refractivity contribution < 1.29 is 0 Å². The third-order valence-electron chi connectivity index (χ3n) is 14.4. The molecule has 0 radical (unpaired) electrons. The van der Waals surface area contributed by atoms with Gasteiger partial charge in [-0.15, -0.1) is 24.8 Å². The number of alkyl halides is 1. The second kappa shape index (κ2) is 61.2. The summed E-state index contributed by atoms with van der Waals surface area (Å²) in [5, 5.41) is 1.53. The molecule has 0 nitrogen and oxygen atoms in total. The molecule has 0 aliphatic rings. The van der Waals surface area contributed by atoms with Gasteiger partial charge in [0.1, 0.15) is 0 Å². The maximum absolute atomic E-state index is 6.05. The van der Waals surface area contributed by atoms with E-state index in [0.29, 0.717) is 32.5 Å². The number of aryl methyl sites for hydroxylation is 3. The number of halogens is 3. The number of hydrogen-bond acceptors (Lipinski definition) is 0. The van der Waals surface area contributed by atoms with Crippen molar-refractivity contribution >= 4 is 34.8 Å². The number of allylic oxidation sites excluding steroid dienone is 2. The van der Waals surface area contributed by atoms with E-state index in [1.54, 1.807) is 12.2 Å². The van der Waals surface area contributed by atoms with Gasteiger partial charge in [0, 0.05) is 15.9 Å². The minimum Gasteiger partial charge on any atom is -0.127 e. The normalized spacial score (nSPS) is 10.5. The van der Waals surface area contributed by atoms with E-state index in [1.807, 2.05) is 81.4 Å². The molecule has 0 N–H and O–H groups in total. The molecule has 10 rings (SSSR count). The first-order valence-corrected chi connectivity index (χ1v) is 41.1. The molecule has 0 saturated carbocycles. The Kier molecular flexibility index (Phi) is 59.3. The zero-order chi connectivity index (χ0) is 84.1. The van der Waals surface area contributed by atoms with E-state index in [9.17, 15) is 0 Å². The maximum atomic E-state index is 6.05. The first-order valence-electron chi connectivity index (χ1n) is 39.8. The van der Waals surface area contributed by atoms with Gasteiger partial charge in [-0.1, -0.05) is 485 Å². The Balaban J connectivity index is -0.00000115. The molecule has 0 unspecified atom stereocenters. The van der Waals surface area contributed by atoms with Crippen molar-refractivity contribution in [3.63, 3.8) is 0 Å². The van der Waals surface area contributed by atoms with Crippen LogP contribution in [0.3, 0.4) is 0 Å². The highest BCUT2D eigenvalue weighted by Gasteiger charge is 2.17. The zero-order valence-corrected chi connectivity index (χ0v) is 76.5. The molecule has 0 amide bonds. The minimum atomic E-state index is 0.217. The fourth-order valence-electron chi connectivity index (χ4n) is 10.3. The van der Waals surface area contributed by atoms with E-state index in [4.69, 9.17) is 34.8 Å². The molecule has 0 saturated heterocycles. The number of rotatable bonds is 8. The number of hydrogen-bond donors (Lipinski definition) is 0. The lowest BCUT2D eigenvalue weighted by molar-refractivity contribution is 0.411. The van der Waals surface area contributed by atoms with Gasteiger partial charge in [-0.25, -0.2) is 0 Å². The van der Waals surface area contributed by atoms with Crippen molar-refractivity contribution in [1.82, 2.24) is 0 Å². The highest BCUT2D eigenvalue weighted by molar-refractivity contribution is 6.36. The molecule has 10 aromatic rings. The predicted octanol–water partition coefficient (Wildman–Crippen LogP) is 34.1. The lowest BCUT2D eigenvalue weighted by atomic mass is 9.88. The van der Waals surface area contributed by atoms with Crippen LogP contribution in [0.1, 0.15) is 229 Å². The SMILES string of the molecule is C=CC.C=CC.CC(C)(C)Cc1c(Cl)cccc1Cl.CC(C)(C)Cc1ccccc1.CC(C)(C)Cc1ccccc1.CC(C)(C)Cc1ccccc1.CC(C)(C)Cc1ccccc1.CC(C)(C)Cc1ccccc1.CC(C)(C)Cc1ccccc1.CCCl.CCc1ccccc1.Cc1ccccc1.Cc1ccccc1. The summed E-state index contributed by atoms with van der Waals surface area (Å²) >= 11 is 17.1. The molecule has 10 aromatic carbocycles. The van der Waals surface area contributed by atoms with E-state index in [-0.39, 0.29) is 5.41 Å². The molecule has 0 atom stereocenters. The van der Waals surface area contributed by atoms with Crippen LogP contribution in [-0.2, 0) is 51.4 Å². The summed E-state index contributed by atoms with van der Waals surface area (Å²) in [5.74, 6) is 0.722. The summed E-state index contributed by atoms with van der Waals surface area (Å²) in [6.07, 6.45) is 12.5. The van der Waals surface area contributed by atoms with Crippen LogP contribution in [0, 0.1) is 51.8 Å². The van der Waals surface area contributed by atoms with Crippen LogP contribution >= 0.6 is 34.8 Å². The van der Waals surface area contributed by atoms with Crippen molar-refractivity contribution in [2.75, 3.05) is 5.88 Å². The summed E-state index contributed by atoms with van der Waals surface area (Å²) in [7, 11) is 0. The molecular formula is C107H153Cl3. The van der Waals surface area contributed by atoms with Gasteiger partial charge >= 0.3 is 0 Å². The molecule has 0 heterocycles. The van der Waals surface area contributed by atoms with Gasteiger partial charge in [0.05, 0.1) is 0 Å². The maximum Gasteiger partial charge on any atom is 0.0453 e. The molecule has 0 bridgehead atoms. The van der Waals surface area contributed by atoms with Crippen molar-refractivity contribution in [2.24, 2.45) is 37.9 Å². The average molecular weight is 1550 g/mol. The lowest BCUT2D eigenvalue weighted by Gasteiger charge is -2.19. The third-order valence-corrected chi connectivity index (χ3v) is 15.1. The molecule has 0 spiro atoms. The Hall–Kier alpha value is -7.45. The minimum absolute atomic E-state index is 0.217. The van der Waals surface area contributed by atoms with Crippen LogP contribution in [-0.4, -0.2) is 5.88 Å². The van der Waals surface area contributed by atoms with Gasteiger partial charge in [-0.3, -0.25) is 0 Å². The van der Waals surface area contributed by atoms with Gasteiger partial charge in [0.2, 0.25) is 0 Å². The highest BCUT2D eigenvalue weighted by atomic mass is 35.5. The molecule has 0 aliphatic carbocycles. The molecule has 110 heavy (non-hydrogen) atoms. The monoisotopic (exact) mass is 1540 g/mol. The van der Waals surface area contributed by atoms with Gasteiger partial charge in [0.25, 0.3) is 0 Å². The second-order valence-electron chi connectivity index (χ2n) is 36.0. The van der Waals surface area contributed by atoms with Gasteiger partial charge < -0.3 is 0 Å². The third kappa shape index (κ3) is 74.6. The fourth-order valence-corrected chi connectivity index (χ4v) is 10.8. The topological polar surface area (TPSA) is 0 Å². The van der Waals surface area contributed by atoms with Gasteiger partial charge in [0.15, 0.2) is 0 Å². The van der Waals surface area contributed by atoms with Crippen LogP contribution in [0.15, 0.2) is 316 Å². The van der Waals surface area contributed by atoms with E-state index in [1.165, 1.54) is 50.1 Å². The van der Waals surface area contributed by atoms with Gasteiger partial charge in [-0.2, -0.15) is 0 Å². The lowest BCUT2D eigenvalue weighted by Crippen LogP contribution is -2.09. The van der Waals surface area contributed by atoms with E-state index >= 15 is 0 Å². The van der Waals surface area contributed by atoms with Crippen molar-refractivity contribution in [2.45, 2.75) is 238 Å². The van der Waals surface area contributed by atoms with Crippen LogP contribution in [0.2, 0.25) is 10.0 Å². The van der Waals surface area contributed by atoms with Crippen molar-refractivity contribution in [3.05, 3.63) is 382 Å². The smallest absolute Gasteiger partial charge is 0.0453 e. The fraction of sp³-hybridized carbons (Fsp3) is 0.402. The van der Waals surface area contributed by atoms with Crippen molar-refractivity contribution in [3.8, 4) is 0 Å². The quantitative estimate of drug-likeness (QED) is 0.105. The Morgan fingerprint density at radius 2 is 0.373 bits per heavy atom. The average Bonchev–Trinajstić information content (AvgIpc) is 0.841. The van der Waals surface area contributed by atoms with E-state index in [2.05, 4.69) is 410 Å². The summed E-state index contributed by atoms with van der Waals surface area (Å²) in [4.78, 5) is 0. The predicted molar refractivity (Wildman–Crippen MR) is 504 cm³/mol. The summed E-state index contributed by atoms with van der Waals surface area (Å²) in [5.41, 5.74) is 16.3. The Morgan fingerprint density at radius 1 is 0.236 bits per heavy atom. The van der Waals surface area contributed by atoms with E-state index in [0.717, 1.165) is 72.9 Å². The molecule has 3 heteroatoms. The molecular weight excluding hydrogens is 1390 g/mol. The van der Waals surface area contributed by atoms with Crippen molar-refractivity contribution in [1.29, 1.82) is 0 Å². The molecule has 0 aliphatic heterocycles. The standard InChI is InChI=1S/C11H14Cl2.6C11H16.C8H10.2C7H8.2C3H6.C2H5Cl/c1-11(2,3)7-8-9(12)5-4-6-10(8)13;6*1-11(2,3)9-10-7-5-4-6-8-10;1-2-8-6-4-3-5-7-8;2*1-7-5-3-2-4-6-7;2*1-3-2;1-2-3/h4-6H,7H2,1-3H3;6*4-8H,9H2,1-3H3;3-7H,2H2,1H3;2*2-6H,1H3;2*3H,1H2,2H3;2H2,1H3. The summed E-state index contributed by atoms with van der Waals surface area (Å²) in [6, 6.07) is 100. The Morgan fingerprint density at radius 3 is 0.482 bits per heavy atom. The molecule has 602 valence electrons. The zero-order valence-electron chi connectivity index (χ0n) is 74.3. The largest absolute Gasteiger partial charge is 0.127 e. The van der Waals surface area contributed by atoms with Crippen LogP contribution in [0.4, 0.5) is 0 Å².